The largest absolute Gasteiger partial charge is 0.342 e. The third-order valence-electron chi connectivity index (χ3n) is 3.41. The highest BCUT2D eigenvalue weighted by Crippen LogP contribution is 2.16. The molecule has 0 aromatic heterocycles. The molecule has 0 spiro atoms. The number of halogens is 1. The van der Waals surface area contributed by atoms with Crippen LogP contribution in [0.5, 0.6) is 0 Å². The van der Waals surface area contributed by atoms with Crippen LogP contribution in [0.4, 0.5) is 0 Å². The van der Waals surface area contributed by atoms with Crippen molar-refractivity contribution in [2.45, 2.75) is 38.6 Å². The van der Waals surface area contributed by atoms with Gasteiger partial charge >= 0.3 is 0 Å². The third-order valence-corrected chi connectivity index (χ3v) is 5.40. The zero-order valence-corrected chi connectivity index (χ0v) is 15.7. The molecular formula is C15H23BrN2O3S. The minimum Gasteiger partial charge on any atom is -0.342 e. The lowest BCUT2D eigenvalue weighted by Gasteiger charge is -2.28. The van der Waals surface area contributed by atoms with Crippen molar-refractivity contribution in [1.82, 2.24) is 9.62 Å². The minimum absolute atomic E-state index is 0.140. The van der Waals surface area contributed by atoms with Gasteiger partial charge in [0.2, 0.25) is 15.9 Å². The van der Waals surface area contributed by atoms with Crippen LogP contribution in [-0.2, 0) is 14.8 Å². The fourth-order valence-electron chi connectivity index (χ4n) is 2.05. The second-order valence-corrected chi connectivity index (χ2v) is 7.94. The van der Waals surface area contributed by atoms with Gasteiger partial charge in [-0.2, -0.15) is 4.72 Å². The second-order valence-electron chi connectivity index (χ2n) is 5.31. The molecular weight excluding hydrogens is 368 g/mol. The molecule has 0 aliphatic rings. The van der Waals surface area contributed by atoms with Crippen LogP contribution >= 0.6 is 15.9 Å². The summed E-state index contributed by atoms with van der Waals surface area (Å²) < 4.78 is 28.3. The molecule has 7 heteroatoms. The molecule has 1 amide bonds. The van der Waals surface area contributed by atoms with Crippen LogP contribution in [0.2, 0.25) is 0 Å². The highest BCUT2D eigenvalue weighted by Gasteiger charge is 2.30. The molecule has 0 fully saturated rings. The highest BCUT2D eigenvalue weighted by molar-refractivity contribution is 9.10. The topological polar surface area (TPSA) is 66.5 Å². The van der Waals surface area contributed by atoms with E-state index >= 15 is 0 Å². The van der Waals surface area contributed by atoms with Gasteiger partial charge in [-0.15, -0.1) is 0 Å². The normalized spacial score (nSPS) is 13.2. The van der Waals surface area contributed by atoms with Gasteiger partial charge in [0.25, 0.3) is 0 Å². The molecule has 0 unspecified atom stereocenters. The summed E-state index contributed by atoms with van der Waals surface area (Å²) >= 11 is 3.27. The Morgan fingerprint density at radius 3 is 2.09 bits per heavy atom. The monoisotopic (exact) mass is 390 g/mol. The quantitative estimate of drug-likeness (QED) is 0.777. The van der Waals surface area contributed by atoms with E-state index in [9.17, 15) is 13.2 Å². The summed E-state index contributed by atoms with van der Waals surface area (Å²) in [4.78, 5) is 14.3. The van der Waals surface area contributed by atoms with E-state index in [1.165, 1.54) is 12.1 Å². The summed E-state index contributed by atoms with van der Waals surface area (Å²) in [6.07, 6.45) is 0. The number of nitrogens with zero attached hydrogens (tertiary/aromatic N) is 1. The lowest BCUT2D eigenvalue weighted by molar-refractivity contribution is -0.133. The Balaban J connectivity index is 3.04. The molecule has 0 heterocycles. The minimum atomic E-state index is -3.73. The van der Waals surface area contributed by atoms with Crippen molar-refractivity contribution in [3.05, 3.63) is 28.7 Å². The molecule has 1 N–H and O–H groups in total. The molecule has 0 aliphatic heterocycles. The first-order valence-corrected chi connectivity index (χ1v) is 9.57. The molecule has 0 aliphatic carbocycles. The van der Waals surface area contributed by atoms with Gasteiger partial charge in [-0.05, 0) is 44.0 Å². The van der Waals surface area contributed by atoms with E-state index in [0.29, 0.717) is 13.1 Å². The van der Waals surface area contributed by atoms with Crippen LogP contribution in [-0.4, -0.2) is 38.4 Å². The predicted octanol–water partition coefficient (Wildman–Crippen LogP) is 2.62. The molecule has 1 atom stereocenters. The van der Waals surface area contributed by atoms with Crippen LogP contribution < -0.4 is 4.72 Å². The van der Waals surface area contributed by atoms with Gasteiger partial charge in [0.1, 0.15) is 6.04 Å². The standard InChI is InChI=1S/C15H23BrN2O3S/c1-5-18(6-2)15(19)14(11(3)4)17-22(20,21)13-9-7-12(16)8-10-13/h7-11,14,17H,5-6H2,1-4H3/t14-/m0/s1. The first kappa shape index (κ1) is 19.1. The molecule has 22 heavy (non-hydrogen) atoms. The van der Waals surface area contributed by atoms with E-state index in [-0.39, 0.29) is 16.7 Å². The van der Waals surface area contributed by atoms with Gasteiger partial charge in [-0.1, -0.05) is 29.8 Å². The number of likely N-dealkylation sites (N-methyl/N-ethyl adjacent to an activating group) is 1. The van der Waals surface area contributed by atoms with E-state index in [1.54, 1.807) is 17.0 Å². The lowest BCUT2D eigenvalue weighted by atomic mass is 10.0. The Bertz CT molecular complexity index is 596. The average Bonchev–Trinajstić information content (AvgIpc) is 2.46. The average molecular weight is 391 g/mol. The van der Waals surface area contributed by atoms with Gasteiger partial charge in [0.15, 0.2) is 0 Å². The number of nitrogens with one attached hydrogen (secondary N) is 1. The lowest BCUT2D eigenvalue weighted by Crippen LogP contribution is -2.51. The van der Waals surface area contributed by atoms with Gasteiger partial charge < -0.3 is 4.90 Å². The Kier molecular flexibility index (Phi) is 7.02. The van der Waals surface area contributed by atoms with Crippen LogP contribution in [0.1, 0.15) is 27.7 Å². The molecule has 1 aromatic carbocycles. The zero-order valence-electron chi connectivity index (χ0n) is 13.3. The Hall–Kier alpha value is -0.920. The Morgan fingerprint density at radius 2 is 1.68 bits per heavy atom. The fourth-order valence-corrected chi connectivity index (χ4v) is 3.65. The Labute approximate surface area is 141 Å². The number of hydrogen-bond donors (Lipinski definition) is 1. The van der Waals surface area contributed by atoms with Gasteiger partial charge in [0, 0.05) is 17.6 Å². The third kappa shape index (κ3) is 4.79. The van der Waals surface area contributed by atoms with Crippen molar-refractivity contribution in [3.63, 3.8) is 0 Å². The number of rotatable bonds is 7. The fraction of sp³-hybridized carbons (Fsp3) is 0.533. The maximum absolute atomic E-state index is 12.5. The maximum atomic E-state index is 12.5. The van der Waals surface area contributed by atoms with Crippen molar-refractivity contribution in [1.29, 1.82) is 0 Å². The smallest absolute Gasteiger partial charge is 0.241 e. The van der Waals surface area contributed by atoms with Gasteiger partial charge in [0.05, 0.1) is 4.90 Å². The second kappa shape index (κ2) is 8.08. The molecule has 1 rings (SSSR count). The van der Waals surface area contributed by atoms with Crippen LogP contribution in [0.15, 0.2) is 33.6 Å². The summed E-state index contributed by atoms with van der Waals surface area (Å²) in [7, 11) is -3.73. The molecule has 0 bridgehead atoms. The molecule has 1 aromatic rings. The summed E-state index contributed by atoms with van der Waals surface area (Å²) in [5.74, 6) is -0.334. The molecule has 5 nitrogen and oxygen atoms in total. The number of carbonyl (C=O) groups excluding carboxylic acids is 1. The number of benzene rings is 1. The number of sulfonamides is 1. The first-order valence-electron chi connectivity index (χ1n) is 7.29. The van der Waals surface area contributed by atoms with Crippen LogP contribution in [0.3, 0.4) is 0 Å². The van der Waals surface area contributed by atoms with E-state index in [0.717, 1.165) is 4.47 Å². The van der Waals surface area contributed by atoms with E-state index in [1.807, 2.05) is 27.7 Å². The zero-order chi connectivity index (χ0) is 16.9. The van der Waals surface area contributed by atoms with Crippen molar-refractivity contribution in [3.8, 4) is 0 Å². The van der Waals surface area contributed by atoms with Crippen molar-refractivity contribution in [2.75, 3.05) is 13.1 Å². The van der Waals surface area contributed by atoms with Gasteiger partial charge in [-0.3, -0.25) is 4.79 Å². The van der Waals surface area contributed by atoms with E-state index in [4.69, 9.17) is 0 Å². The number of amides is 1. The van der Waals surface area contributed by atoms with E-state index < -0.39 is 16.1 Å². The van der Waals surface area contributed by atoms with Crippen LogP contribution in [0.25, 0.3) is 0 Å². The first-order chi connectivity index (χ1) is 10.2. The van der Waals surface area contributed by atoms with Crippen molar-refractivity contribution < 1.29 is 13.2 Å². The summed E-state index contributed by atoms with van der Waals surface area (Å²) in [5, 5.41) is 0. The maximum Gasteiger partial charge on any atom is 0.241 e. The van der Waals surface area contributed by atoms with Crippen molar-refractivity contribution >= 4 is 31.9 Å². The van der Waals surface area contributed by atoms with E-state index in [2.05, 4.69) is 20.7 Å². The SMILES string of the molecule is CCN(CC)C(=O)[C@@H](NS(=O)(=O)c1ccc(Br)cc1)C(C)C. The highest BCUT2D eigenvalue weighted by atomic mass is 79.9. The number of carbonyl (C=O) groups is 1. The molecule has 0 saturated carbocycles. The predicted molar refractivity (Wildman–Crippen MR) is 91.0 cm³/mol. The molecule has 124 valence electrons. The number of hydrogen-bond acceptors (Lipinski definition) is 3. The molecule has 0 radical (unpaired) electrons. The Morgan fingerprint density at radius 1 is 1.18 bits per heavy atom. The van der Waals surface area contributed by atoms with Crippen LogP contribution in [0, 0.1) is 5.92 Å². The summed E-state index contributed by atoms with van der Waals surface area (Å²) in [5.41, 5.74) is 0. The summed E-state index contributed by atoms with van der Waals surface area (Å²) in [6.45, 7) is 8.52. The molecule has 0 saturated heterocycles. The summed E-state index contributed by atoms with van der Waals surface area (Å²) in [6, 6.07) is 5.56. The van der Waals surface area contributed by atoms with Gasteiger partial charge in [-0.25, -0.2) is 8.42 Å². The van der Waals surface area contributed by atoms with Crippen molar-refractivity contribution in [2.24, 2.45) is 5.92 Å².